The fraction of sp³-hybridized carbons (Fsp3) is 0.531. The Bertz CT molecular complexity index is 1300. The number of likely N-dealkylation sites (tertiary alicyclic amines) is 1. The molecule has 0 aromatic heterocycles. The summed E-state index contributed by atoms with van der Waals surface area (Å²) in [5.41, 5.74) is 0.439. The topological polar surface area (TPSA) is 93.5 Å². The average molecular weight is 589 g/mol. The van der Waals surface area contributed by atoms with E-state index < -0.39 is 12.0 Å². The second-order valence-corrected chi connectivity index (χ2v) is 12.1. The van der Waals surface area contributed by atoms with Crippen molar-refractivity contribution in [3.8, 4) is 17.2 Å². The van der Waals surface area contributed by atoms with Gasteiger partial charge in [-0.15, -0.1) is 13.2 Å². The smallest absolute Gasteiger partial charge is 0.504 e. The molecule has 1 saturated heterocycles. The van der Waals surface area contributed by atoms with Crippen molar-refractivity contribution in [2.24, 2.45) is 11.8 Å². The van der Waals surface area contributed by atoms with Crippen molar-refractivity contribution in [2.45, 2.75) is 75.4 Å². The molecule has 228 valence electrons. The highest BCUT2D eigenvalue weighted by molar-refractivity contribution is 5.91. The van der Waals surface area contributed by atoms with Crippen molar-refractivity contribution in [3.05, 3.63) is 59.7 Å². The van der Waals surface area contributed by atoms with Gasteiger partial charge in [-0.05, 0) is 111 Å². The number of aromatic hydroxyl groups is 2. The summed E-state index contributed by atoms with van der Waals surface area (Å²) in [7, 11) is 1.74. The number of aliphatic hydroxyl groups is 1. The van der Waals surface area contributed by atoms with E-state index in [1.54, 1.807) is 30.1 Å². The summed E-state index contributed by atoms with van der Waals surface area (Å²) < 4.78 is 41.6. The van der Waals surface area contributed by atoms with Crippen LogP contribution in [-0.2, 0) is 11.2 Å². The second kappa shape index (κ2) is 12.2. The molecule has 2 aromatic rings. The molecule has 1 amide bonds. The molecule has 42 heavy (non-hydrogen) atoms. The monoisotopic (exact) mass is 588 g/mol. The van der Waals surface area contributed by atoms with Crippen molar-refractivity contribution in [3.63, 3.8) is 0 Å². The maximum atomic E-state index is 13.0. The zero-order valence-corrected chi connectivity index (χ0v) is 23.8. The van der Waals surface area contributed by atoms with Crippen LogP contribution >= 0.6 is 0 Å². The first-order valence-electron chi connectivity index (χ1n) is 14.7. The SMILES string of the molecule is CN(C(=O)/C=C/c1cccc(OC(F)(F)F)c1)C1CCC2(O)C(CCN(CC3CC3)[C@@H]2CCc2ccc(O)c(O)c2)C1. The predicted molar refractivity (Wildman–Crippen MR) is 152 cm³/mol. The van der Waals surface area contributed by atoms with Gasteiger partial charge in [-0.1, -0.05) is 18.2 Å². The minimum Gasteiger partial charge on any atom is -0.504 e. The van der Waals surface area contributed by atoms with Crippen molar-refractivity contribution < 1.29 is 38.0 Å². The molecule has 1 heterocycles. The van der Waals surface area contributed by atoms with Crippen molar-refractivity contribution >= 4 is 12.0 Å². The quantitative estimate of drug-likeness (QED) is 0.265. The van der Waals surface area contributed by atoms with Gasteiger partial charge in [-0.25, -0.2) is 0 Å². The van der Waals surface area contributed by atoms with Gasteiger partial charge in [0.1, 0.15) is 5.75 Å². The Morgan fingerprint density at radius 3 is 2.62 bits per heavy atom. The van der Waals surface area contributed by atoms with Gasteiger partial charge in [0.25, 0.3) is 0 Å². The van der Waals surface area contributed by atoms with Crippen molar-refractivity contribution in [1.82, 2.24) is 9.80 Å². The lowest BCUT2D eigenvalue weighted by molar-refractivity contribution is -0.274. The molecule has 3 aliphatic rings. The van der Waals surface area contributed by atoms with E-state index in [4.69, 9.17) is 0 Å². The molecule has 5 rings (SSSR count). The fourth-order valence-corrected chi connectivity index (χ4v) is 6.80. The van der Waals surface area contributed by atoms with Crippen LogP contribution in [0.5, 0.6) is 17.2 Å². The summed E-state index contributed by atoms with van der Waals surface area (Å²) in [6.45, 7) is 1.86. The highest BCUT2D eigenvalue weighted by Crippen LogP contribution is 2.47. The number of amides is 1. The van der Waals surface area contributed by atoms with Gasteiger partial charge in [-0.2, -0.15) is 0 Å². The number of aryl methyl sites for hydroxylation is 1. The number of alkyl halides is 3. The lowest BCUT2D eigenvalue weighted by Gasteiger charge is -2.56. The number of nitrogens with zero attached hydrogens (tertiary/aromatic N) is 2. The summed E-state index contributed by atoms with van der Waals surface area (Å²) in [6.07, 6.45) is 4.62. The molecule has 1 aliphatic heterocycles. The van der Waals surface area contributed by atoms with Crippen LogP contribution < -0.4 is 4.74 Å². The molecular weight excluding hydrogens is 549 g/mol. The predicted octanol–water partition coefficient (Wildman–Crippen LogP) is 5.48. The number of carbonyl (C=O) groups excluding carboxylic acids is 1. The molecule has 7 nitrogen and oxygen atoms in total. The number of carbonyl (C=O) groups is 1. The third kappa shape index (κ3) is 7.21. The summed E-state index contributed by atoms with van der Waals surface area (Å²) in [5.74, 6) is -0.184. The molecule has 2 aliphatic carbocycles. The Morgan fingerprint density at radius 2 is 1.90 bits per heavy atom. The van der Waals surface area contributed by atoms with Gasteiger partial charge in [0.15, 0.2) is 11.5 Å². The lowest BCUT2D eigenvalue weighted by Crippen LogP contribution is -2.64. The normalized spacial score (nSPS) is 26.6. The molecule has 0 bridgehead atoms. The number of fused-ring (bicyclic) bond motifs is 1. The van der Waals surface area contributed by atoms with Gasteiger partial charge >= 0.3 is 6.36 Å². The number of phenolic OH excluding ortho intramolecular Hbond substituents is 2. The van der Waals surface area contributed by atoms with Crippen LogP contribution in [0.1, 0.15) is 56.1 Å². The minimum absolute atomic E-state index is 0.0281. The Labute approximate surface area is 244 Å². The van der Waals surface area contributed by atoms with Crippen LogP contribution in [0, 0.1) is 11.8 Å². The Hall–Kier alpha value is -3.24. The minimum atomic E-state index is -4.79. The Kier molecular flexibility index (Phi) is 8.76. The van der Waals surface area contributed by atoms with E-state index in [0.29, 0.717) is 37.2 Å². The maximum absolute atomic E-state index is 13.0. The Morgan fingerprint density at radius 1 is 1.12 bits per heavy atom. The number of halogens is 3. The summed E-state index contributed by atoms with van der Waals surface area (Å²) >= 11 is 0. The van der Waals surface area contributed by atoms with E-state index in [0.717, 1.165) is 31.5 Å². The van der Waals surface area contributed by atoms with Gasteiger partial charge in [0, 0.05) is 31.8 Å². The van der Waals surface area contributed by atoms with E-state index >= 15 is 0 Å². The number of hydrogen-bond acceptors (Lipinski definition) is 6. The molecule has 0 spiro atoms. The number of likely N-dealkylation sites (N-methyl/N-ethyl adjacent to an activating group) is 1. The zero-order chi connectivity index (χ0) is 30.1. The second-order valence-electron chi connectivity index (χ2n) is 12.1. The van der Waals surface area contributed by atoms with E-state index in [1.165, 1.54) is 49.3 Å². The number of rotatable bonds is 9. The third-order valence-corrected chi connectivity index (χ3v) is 9.27. The van der Waals surface area contributed by atoms with Crippen LogP contribution in [0.25, 0.3) is 6.08 Å². The highest BCUT2D eigenvalue weighted by Gasteiger charge is 2.53. The third-order valence-electron chi connectivity index (χ3n) is 9.27. The first kappa shape index (κ1) is 30.2. The molecule has 2 saturated carbocycles. The molecule has 3 unspecified atom stereocenters. The molecule has 4 atom stereocenters. The standard InChI is InChI=1S/C32H39F3N2O5/c1-36(30(40)12-9-21-3-2-4-26(17-21)42-32(33,34)35)25-13-15-31(41)24(19-25)14-16-37(20-23-5-6-23)29(31)11-8-22-7-10-27(38)28(39)18-22/h2-4,7,9-10,12,17-18,23-25,29,38-39,41H,5-6,8,11,13-16,19-20H2,1H3/b12-9+/t24?,25?,29-,31?/m1/s1. The average Bonchev–Trinajstić information content (AvgIpc) is 3.75. The first-order valence-corrected chi connectivity index (χ1v) is 14.7. The van der Waals surface area contributed by atoms with Gasteiger partial charge < -0.3 is 25.0 Å². The van der Waals surface area contributed by atoms with Crippen molar-refractivity contribution in [2.75, 3.05) is 20.1 Å². The van der Waals surface area contributed by atoms with E-state index in [-0.39, 0.29) is 41.2 Å². The first-order chi connectivity index (χ1) is 19.9. The van der Waals surface area contributed by atoms with Crippen LogP contribution in [0.15, 0.2) is 48.5 Å². The number of piperidine rings is 1. The number of benzene rings is 2. The van der Waals surface area contributed by atoms with Gasteiger partial charge in [-0.3, -0.25) is 9.69 Å². The molecule has 2 aromatic carbocycles. The molecule has 3 N–H and O–H groups in total. The lowest BCUT2D eigenvalue weighted by atomic mass is 9.64. The largest absolute Gasteiger partial charge is 0.573 e. The number of hydrogen-bond donors (Lipinski definition) is 3. The van der Waals surface area contributed by atoms with E-state index in [2.05, 4.69) is 9.64 Å². The van der Waals surface area contributed by atoms with Crippen LogP contribution in [-0.4, -0.2) is 75.2 Å². The molecule has 3 fully saturated rings. The van der Waals surface area contributed by atoms with Crippen LogP contribution in [0.2, 0.25) is 0 Å². The maximum Gasteiger partial charge on any atom is 0.573 e. The number of ether oxygens (including phenoxy) is 1. The summed E-state index contributed by atoms with van der Waals surface area (Å²) in [4.78, 5) is 17.2. The summed E-state index contributed by atoms with van der Waals surface area (Å²) in [5, 5.41) is 31.8. The molecular formula is C32H39F3N2O5. The van der Waals surface area contributed by atoms with Gasteiger partial charge in [0.05, 0.1) is 5.60 Å². The molecule has 0 radical (unpaired) electrons. The van der Waals surface area contributed by atoms with Crippen LogP contribution in [0.4, 0.5) is 13.2 Å². The van der Waals surface area contributed by atoms with Crippen molar-refractivity contribution in [1.29, 1.82) is 0 Å². The van der Waals surface area contributed by atoms with E-state index in [1.807, 2.05) is 0 Å². The van der Waals surface area contributed by atoms with Gasteiger partial charge in [0.2, 0.25) is 5.91 Å². The zero-order valence-electron chi connectivity index (χ0n) is 23.8. The highest BCUT2D eigenvalue weighted by atomic mass is 19.4. The fourth-order valence-electron chi connectivity index (χ4n) is 6.80. The summed E-state index contributed by atoms with van der Waals surface area (Å²) in [6, 6.07) is 10.2. The van der Waals surface area contributed by atoms with E-state index in [9.17, 15) is 33.3 Å². The van der Waals surface area contributed by atoms with Crippen LogP contribution in [0.3, 0.4) is 0 Å². The Balaban J connectivity index is 1.24. The number of phenols is 2. The molecule has 10 heteroatoms.